The third-order valence-electron chi connectivity index (χ3n) is 4.25. The van der Waals surface area contributed by atoms with Crippen molar-refractivity contribution in [3.63, 3.8) is 0 Å². The lowest BCUT2D eigenvalue weighted by Crippen LogP contribution is -2.37. The normalized spacial score (nSPS) is 11.9. The van der Waals surface area contributed by atoms with Gasteiger partial charge in [-0.25, -0.2) is 0 Å². The molecule has 1 amide bonds. The zero-order chi connectivity index (χ0) is 21.4. The number of nitrogens with one attached hydrogen (secondary N) is 2. The highest BCUT2D eigenvalue weighted by Gasteiger charge is 2.29. The van der Waals surface area contributed by atoms with E-state index in [0.29, 0.717) is 31.0 Å². The molecular formula is C21H25F3N4O. The van der Waals surface area contributed by atoms with E-state index in [-0.39, 0.29) is 5.91 Å². The first-order chi connectivity index (χ1) is 13.7. The number of carbonyl (C=O) groups excluding carboxylic acids is 1. The van der Waals surface area contributed by atoms with Gasteiger partial charge in [-0.05, 0) is 41.8 Å². The Balaban J connectivity index is 1.84. The summed E-state index contributed by atoms with van der Waals surface area (Å²) in [6.45, 7) is 0.941. The monoisotopic (exact) mass is 406 g/mol. The molecule has 156 valence electrons. The van der Waals surface area contributed by atoms with Crippen molar-refractivity contribution >= 4 is 11.9 Å². The summed E-state index contributed by atoms with van der Waals surface area (Å²) in [5.74, 6) is 0.499. The molecule has 2 aromatic carbocycles. The fourth-order valence-electron chi connectivity index (χ4n) is 2.66. The zero-order valence-electron chi connectivity index (χ0n) is 16.7. The van der Waals surface area contributed by atoms with Crippen molar-refractivity contribution in [2.45, 2.75) is 19.1 Å². The van der Waals surface area contributed by atoms with Crippen LogP contribution in [-0.4, -0.2) is 44.5 Å². The van der Waals surface area contributed by atoms with Crippen LogP contribution in [-0.2, 0) is 19.1 Å². The number of carbonyl (C=O) groups is 1. The summed E-state index contributed by atoms with van der Waals surface area (Å²) in [6, 6.07) is 12.5. The van der Waals surface area contributed by atoms with Gasteiger partial charge in [-0.15, -0.1) is 0 Å². The molecule has 0 unspecified atom stereocenters. The van der Waals surface area contributed by atoms with Gasteiger partial charge in [-0.2, -0.15) is 13.2 Å². The minimum Gasteiger partial charge on any atom is -0.356 e. The maximum absolute atomic E-state index is 12.6. The molecule has 0 saturated heterocycles. The average molecular weight is 406 g/mol. The second-order valence-electron chi connectivity index (χ2n) is 6.70. The maximum atomic E-state index is 12.6. The van der Waals surface area contributed by atoms with Crippen LogP contribution in [0.2, 0.25) is 0 Å². The van der Waals surface area contributed by atoms with Crippen molar-refractivity contribution in [2.75, 3.05) is 27.7 Å². The standard InChI is InChI=1S/C21H25F3N4O/c1-25-20(27-14-16-7-9-18(10-8-16)21(22,23)24)26-12-11-15-5-4-6-17(13-15)19(29)28(2)3/h4-10,13H,11-12,14H2,1-3H3,(H2,25,26,27). The number of nitrogens with zero attached hydrogens (tertiary/aromatic N) is 2. The predicted octanol–water partition coefficient (Wildman–Crippen LogP) is 3.31. The number of aliphatic imine (C=N–C) groups is 1. The van der Waals surface area contributed by atoms with Gasteiger partial charge in [0.1, 0.15) is 0 Å². The minimum absolute atomic E-state index is 0.0474. The minimum atomic E-state index is -4.34. The quantitative estimate of drug-likeness (QED) is 0.572. The second-order valence-corrected chi connectivity index (χ2v) is 6.70. The van der Waals surface area contributed by atoms with Crippen LogP contribution >= 0.6 is 0 Å². The van der Waals surface area contributed by atoms with Gasteiger partial charge in [0.2, 0.25) is 0 Å². The molecule has 0 fully saturated rings. The van der Waals surface area contributed by atoms with E-state index in [1.54, 1.807) is 27.2 Å². The van der Waals surface area contributed by atoms with Gasteiger partial charge in [0.05, 0.1) is 5.56 Å². The molecule has 8 heteroatoms. The summed E-state index contributed by atoms with van der Waals surface area (Å²) in [6.07, 6.45) is -3.65. The van der Waals surface area contributed by atoms with E-state index in [2.05, 4.69) is 15.6 Å². The summed E-state index contributed by atoms with van der Waals surface area (Å²) in [5, 5.41) is 6.23. The summed E-state index contributed by atoms with van der Waals surface area (Å²) in [4.78, 5) is 17.7. The van der Waals surface area contributed by atoms with Crippen molar-refractivity contribution < 1.29 is 18.0 Å². The number of guanidine groups is 1. The first-order valence-electron chi connectivity index (χ1n) is 9.12. The van der Waals surface area contributed by atoms with Crippen molar-refractivity contribution in [3.8, 4) is 0 Å². The number of hydrogen-bond donors (Lipinski definition) is 2. The molecule has 2 rings (SSSR count). The molecule has 0 atom stereocenters. The Morgan fingerprint density at radius 1 is 1.03 bits per heavy atom. The van der Waals surface area contributed by atoms with Gasteiger partial charge in [0.25, 0.3) is 5.91 Å². The van der Waals surface area contributed by atoms with Crippen molar-refractivity contribution in [1.82, 2.24) is 15.5 Å². The average Bonchev–Trinajstić information content (AvgIpc) is 2.69. The molecular weight excluding hydrogens is 381 g/mol. The molecule has 0 aromatic heterocycles. The predicted molar refractivity (Wildman–Crippen MR) is 108 cm³/mol. The molecule has 2 N–H and O–H groups in total. The van der Waals surface area contributed by atoms with E-state index < -0.39 is 11.7 Å². The summed E-state index contributed by atoms with van der Waals surface area (Å²) >= 11 is 0. The first kappa shape index (κ1) is 22.3. The number of amides is 1. The lowest BCUT2D eigenvalue weighted by molar-refractivity contribution is -0.137. The molecule has 0 heterocycles. The third-order valence-corrected chi connectivity index (χ3v) is 4.25. The first-order valence-corrected chi connectivity index (χ1v) is 9.12. The third kappa shape index (κ3) is 6.81. The molecule has 0 aliphatic carbocycles. The van der Waals surface area contributed by atoms with Gasteiger partial charge < -0.3 is 15.5 Å². The van der Waals surface area contributed by atoms with Crippen LogP contribution in [0.1, 0.15) is 27.0 Å². The van der Waals surface area contributed by atoms with Crippen molar-refractivity contribution in [2.24, 2.45) is 4.99 Å². The number of alkyl halides is 3. The molecule has 29 heavy (non-hydrogen) atoms. The molecule has 0 radical (unpaired) electrons. The van der Waals surface area contributed by atoms with E-state index >= 15 is 0 Å². The van der Waals surface area contributed by atoms with Gasteiger partial charge in [-0.3, -0.25) is 9.79 Å². The summed E-state index contributed by atoms with van der Waals surface area (Å²) in [7, 11) is 5.05. The lowest BCUT2D eigenvalue weighted by atomic mass is 10.1. The Bertz CT molecular complexity index is 846. The molecule has 2 aromatic rings. The topological polar surface area (TPSA) is 56.7 Å². The molecule has 0 spiro atoms. The Morgan fingerprint density at radius 3 is 2.31 bits per heavy atom. The number of benzene rings is 2. The van der Waals surface area contributed by atoms with Gasteiger partial charge in [0, 0.05) is 39.8 Å². The maximum Gasteiger partial charge on any atom is 0.416 e. The van der Waals surface area contributed by atoms with Gasteiger partial charge >= 0.3 is 6.18 Å². The molecule has 5 nitrogen and oxygen atoms in total. The lowest BCUT2D eigenvalue weighted by Gasteiger charge is -2.14. The molecule has 0 aliphatic rings. The van der Waals surface area contributed by atoms with Crippen LogP contribution in [0.3, 0.4) is 0 Å². The highest BCUT2D eigenvalue weighted by atomic mass is 19.4. The highest BCUT2D eigenvalue weighted by Crippen LogP contribution is 2.29. The SMILES string of the molecule is CN=C(NCCc1cccc(C(=O)N(C)C)c1)NCc1ccc(C(F)(F)F)cc1. The Kier molecular flexibility index (Phi) is 7.64. The fourth-order valence-corrected chi connectivity index (χ4v) is 2.66. The second kappa shape index (κ2) is 9.95. The Hall–Kier alpha value is -3.03. The van der Waals surface area contributed by atoms with Crippen LogP contribution < -0.4 is 10.6 Å². The van der Waals surface area contributed by atoms with Crippen LogP contribution in [0.15, 0.2) is 53.5 Å². The largest absolute Gasteiger partial charge is 0.416 e. The van der Waals surface area contributed by atoms with Crippen molar-refractivity contribution in [1.29, 1.82) is 0 Å². The van der Waals surface area contributed by atoms with Crippen LogP contribution in [0.5, 0.6) is 0 Å². The van der Waals surface area contributed by atoms with E-state index in [4.69, 9.17) is 0 Å². The van der Waals surface area contributed by atoms with E-state index in [9.17, 15) is 18.0 Å². The molecule has 0 bridgehead atoms. The Labute approximate surface area is 168 Å². The number of rotatable bonds is 6. The summed E-state index contributed by atoms with van der Waals surface area (Å²) < 4.78 is 37.8. The van der Waals surface area contributed by atoms with E-state index in [1.165, 1.54) is 17.0 Å². The molecule has 0 saturated carbocycles. The van der Waals surface area contributed by atoms with Crippen LogP contribution in [0.25, 0.3) is 0 Å². The summed E-state index contributed by atoms with van der Waals surface area (Å²) in [5.41, 5.74) is 1.70. The van der Waals surface area contributed by atoms with Gasteiger partial charge in [0.15, 0.2) is 5.96 Å². The number of hydrogen-bond acceptors (Lipinski definition) is 2. The van der Waals surface area contributed by atoms with E-state index in [0.717, 1.165) is 23.3 Å². The smallest absolute Gasteiger partial charge is 0.356 e. The fraction of sp³-hybridized carbons (Fsp3) is 0.333. The number of halogens is 3. The highest BCUT2D eigenvalue weighted by molar-refractivity contribution is 5.94. The van der Waals surface area contributed by atoms with Crippen LogP contribution in [0.4, 0.5) is 13.2 Å². The van der Waals surface area contributed by atoms with Gasteiger partial charge in [-0.1, -0.05) is 24.3 Å². The van der Waals surface area contributed by atoms with Crippen molar-refractivity contribution in [3.05, 3.63) is 70.8 Å². The van der Waals surface area contributed by atoms with E-state index in [1.807, 2.05) is 18.2 Å². The Morgan fingerprint density at radius 2 is 1.72 bits per heavy atom. The van der Waals surface area contributed by atoms with Crippen LogP contribution in [0, 0.1) is 0 Å². The zero-order valence-corrected chi connectivity index (χ0v) is 16.7. The molecule has 0 aliphatic heterocycles.